The van der Waals surface area contributed by atoms with Crippen molar-refractivity contribution in [1.82, 2.24) is 10.6 Å². The summed E-state index contributed by atoms with van der Waals surface area (Å²) in [5.41, 5.74) is 0.601. The molecule has 0 unspecified atom stereocenters. The monoisotopic (exact) mass is 368 g/mol. The van der Waals surface area contributed by atoms with E-state index in [1.54, 1.807) is 42.5 Å². The lowest BCUT2D eigenvalue weighted by Gasteiger charge is -2.14. The first-order valence-electron chi connectivity index (χ1n) is 8.86. The maximum Gasteiger partial charge on any atom is 0.267 e. The maximum absolute atomic E-state index is 14.0. The van der Waals surface area contributed by atoms with Gasteiger partial charge in [-0.15, -0.1) is 0 Å². The van der Waals surface area contributed by atoms with Crippen molar-refractivity contribution in [1.29, 1.82) is 0 Å². The van der Waals surface area contributed by atoms with Gasteiger partial charge in [0.15, 0.2) is 0 Å². The Kier molecular flexibility index (Phi) is 6.33. The molecule has 2 N–H and O–H groups in total. The molecule has 3 rings (SSSR count). The predicted octanol–water partition coefficient (Wildman–Crippen LogP) is 2.89. The van der Waals surface area contributed by atoms with Gasteiger partial charge in [0, 0.05) is 24.3 Å². The minimum absolute atomic E-state index is 0.0213. The minimum Gasteiger partial charge on any atom is -0.376 e. The van der Waals surface area contributed by atoms with Crippen molar-refractivity contribution in [3.63, 3.8) is 0 Å². The van der Waals surface area contributed by atoms with Crippen LogP contribution in [0.3, 0.4) is 0 Å². The molecule has 0 radical (unpaired) electrons. The average Bonchev–Trinajstić information content (AvgIpc) is 3.21. The Hall–Kier alpha value is -2.99. The first kappa shape index (κ1) is 18.8. The second-order valence-electron chi connectivity index (χ2n) is 6.24. The zero-order valence-electron chi connectivity index (χ0n) is 14.8. The van der Waals surface area contributed by atoms with Gasteiger partial charge in [-0.3, -0.25) is 9.59 Å². The van der Waals surface area contributed by atoms with Crippen molar-refractivity contribution in [2.45, 2.75) is 18.9 Å². The summed E-state index contributed by atoms with van der Waals surface area (Å²) < 4.78 is 19.5. The van der Waals surface area contributed by atoms with Crippen LogP contribution in [0.4, 0.5) is 4.39 Å². The molecule has 2 aromatic carbocycles. The quantitative estimate of drug-likeness (QED) is 0.771. The van der Waals surface area contributed by atoms with Crippen LogP contribution in [0.2, 0.25) is 0 Å². The highest BCUT2D eigenvalue weighted by Crippen LogP contribution is 2.13. The standard InChI is InChI=1S/C21H21FN2O3/c22-18-11-5-4-9-16(18)13-19(21(26)23-14-17-10-6-12-27-17)24-20(25)15-7-2-1-3-8-15/h1-5,7-9,11,13,17H,6,10,12,14H2,(H,23,26)(H,24,25)/b19-13-/t17-/m0/s1. The Bertz CT molecular complexity index is 830. The fourth-order valence-corrected chi connectivity index (χ4v) is 2.80. The molecule has 0 bridgehead atoms. The van der Waals surface area contributed by atoms with Gasteiger partial charge in [-0.25, -0.2) is 4.39 Å². The molecule has 140 valence electrons. The van der Waals surface area contributed by atoms with Gasteiger partial charge in [0.2, 0.25) is 0 Å². The summed E-state index contributed by atoms with van der Waals surface area (Å²) in [6.07, 6.45) is 3.14. The van der Waals surface area contributed by atoms with E-state index in [9.17, 15) is 14.0 Å². The molecule has 5 nitrogen and oxygen atoms in total. The van der Waals surface area contributed by atoms with Crippen molar-refractivity contribution in [2.75, 3.05) is 13.2 Å². The van der Waals surface area contributed by atoms with Gasteiger partial charge in [0.05, 0.1) is 6.10 Å². The Balaban J connectivity index is 1.78. The summed E-state index contributed by atoms with van der Waals surface area (Å²) in [5.74, 6) is -1.40. The lowest BCUT2D eigenvalue weighted by atomic mass is 10.1. The number of amides is 2. The van der Waals surface area contributed by atoms with Crippen LogP contribution in [0.5, 0.6) is 0 Å². The summed E-state index contributed by atoms with van der Waals surface area (Å²) in [6.45, 7) is 1.03. The molecule has 1 heterocycles. The SMILES string of the molecule is O=C(NC[C@@H]1CCCO1)/C(=C/c1ccccc1F)NC(=O)c1ccccc1. The van der Waals surface area contributed by atoms with Gasteiger partial charge < -0.3 is 15.4 Å². The van der Waals surface area contributed by atoms with E-state index >= 15 is 0 Å². The molecule has 1 atom stereocenters. The third kappa shape index (κ3) is 5.24. The van der Waals surface area contributed by atoms with E-state index in [1.165, 1.54) is 18.2 Å². The highest BCUT2D eigenvalue weighted by Gasteiger charge is 2.19. The second-order valence-corrected chi connectivity index (χ2v) is 6.24. The molecule has 1 aliphatic heterocycles. The summed E-state index contributed by atoms with van der Waals surface area (Å²) in [7, 11) is 0. The average molecular weight is 368 g/mol. The van der Waals surface area contributed by atoms with E-state index in [-0.39, 0.29) is 17.4 Å². The van der Waals surface area contributed by atoms with Crippen molar-refractivity contribution < 1.29 is 18.7 Å². The van der Waals surface area contributed by atoms with E-state index in [0.717, 1.165) is 12.8 Å². The zero-order valence-corrected chi connectivity index (χ0v) is 14.8. The fraction of sp³-hybridized carbons (Fsp3) is 0.238. The van der Waals surface area contributed by atoms with Gasteiger partial charge >= 0.3 is 0 Å². The summed E-state index contributed by atoms with van der Waals surface area (Å²) in [5, 5.41) is 5.34. The number of hydrogen-bond donors (Lipinski definition) is 2. The van der Waals surface area contributed by atoms with Gasteiger partial charge in [-0.05, 0) is 37.1 Å². The normalized spacial score (nSPS) is 16.8. The predicted molar refractivity (Wildman–Crippen MR) is 100 cm³/mol. The number of halogens is 1. The number of carbonyl (C=O) groups is 2. The lowest BCUT2D eigenvalue weighted by Crippen LogP contribution is -2.38. The van der Waals surface area contributed by atoms with E-state index in [4.69, 9.17) is 4.74 Å². The second kappa shape index (κ2) is 9.09. The molecule has 1 aliphatic rings. The van der Waals surface area contributed by atoms with Crippen LogP contribution in [0.1, 0.15) is 28.8 Å². The van der Waals surface area contributed by atoms with Crippen LogP contribution in [0.15, 0.2) is 60.3 Å². The van der Waals surface area contributed by atoms with Crippen molar-refractivity contribution in [3.8, 4) is 0 Å². The lowest BCUT2D eigenvalue weighted by molar-refractivity contribution is -0.118. The van der Waals surface area contributed by atoms with Crippen LogP contribution in [-0.2, 0) is 9.53 Å². The summed E-state index contributed by atoms with van der Waals surface area (Å²) in [6, 6.07) is 14.6. The highest BCUT2D eigenvalue weighted by molar-refractivity contribution is 6.05. The molecule has 0 aliphatic carbocycles. The number of nitrogens with one attached hydrogen (secondary N) is 2. The smallest absolute Gasteiger partial charge is 0.267 e. The van der Waals surface area contributed by atoms with E-state index in [0.29, 0.717) is 18.7 Å². The number of ether oxygens (including phenoxy) is 1. The molecule has 1 fully saturated rings. The molecular formula is C21H21FN2O3. The Labute approximate surface area is 157 Å². The van der Waals surface area contributed by atoms with Gasteiger partial charge in [0.25, 0.3) is 11.8 Å². The Morgan fingerprint density at radius 3 is 2.56 bits per heavy atom. The first-order valence-corrected chi connectivity index (χ1v) is 8.86. The van der Waals surface area contributed by atoms with Gasteiger partial charge in [0.1, 0.15) is 11.5 Å². The molecule has 2 aromatic rings. The van der Waals surface area contributed by atoms with Crippen LogP contribution in [0.25, 0.3) is 6.08 Å². The van der Waals surface area contributed by atoms with Crippen LogP contribution < -0.4 is 10.6 Å². The summed E-state index contributed by atoms with van der Waals surface area (Å²) >= 11 is 0. The Morgan fingerprint density at radius 2 is 1.85 bits per heavy atom. The van der Waals surface area contributed by atoms with Crippen LogP contribution in [-0.4, -0.2) is 31.1 Å². The van der Waals surface area contributed by atoms with Gasteiger partial charge in [-0.1, -0.05) is 36.4 Å². The van der Waals surface area contributed by atoms with Crippen molar-refractivity contribution >= 4 is 17.9 Å². The van der Waals surface area contributed by atoms with Crippen LogP contribution in [0, 0.1) is 5.82 Å². The molecule has 0 saturated carbocycles. The zero-order chi connectivity index (χ0) is 19.1. The topological polar surface area (TPSA) is 67.4 Å². The minimum atomic E-state index is -0.488. The first-order chi connectivity index (χ1) is 13.1. The molecule has 2 amide bonds. The largest absolute Gasteiger partial charge is 0.376 e. The fourth-order valence-electron chi connectivity index (χ4n) is 2.80. The number of benzene rings is 2. The third-order valence-electron chi connectivity index (χ3n) is 4.25. The van der Waals surface area contributed by atoms with Crippen LogP contribution >= 0.6 is 0 Å². The molecule has 27 heavy (non-hydrogen) atoms. The molecular weight excluding hydrogens is 347 g/mol. The van der Waals surface area contributed by atoms with Crippen molar-refractivity contribution in [2.24, 2.45) is 0 Å². The number of carbonyl (C=O) groups excluding carboxylic acids is 2. The number of hydrogen-bond acceptors (Lipinski definition) is 3. The molecule has 6 heteroatoms. The molecule has 0 aromatic heterocycles. The third-order valence-corrected chi connectivity index (χ3v) is 4.25. The van der Waals surface area contributed by atoms with Gasteiger partial charge in [-0.2, -0.15) is 0 Å². The van der Waals surface area contributed by atoms with E-state index < -0.39 is 17.6 Å². The van der Waals surface area contributed by atoms with Crippen molar-refractivity contribution in [3.05, 3.63) is 77.2 Å². The molecule has 0 spiro atoms. The van der Waals surface area contributed by atoms with E-state index in [2.05, 4.69) is 10.6 Å². The highest BCUT2D eigenvalue weighted by atomic mass is 19.1. The summed E-state index contributed by atoms with van der Waals surface area (Å²) in [4.78, 5) is 25.1. The number of rotatable bonds is 6. The maximum atomic E-state index is 14.0. The molecule has 1 saturated heterocycles. The van der Waals surface area contributed by atoms with E-state index in [1.807, 2.05) is 0 Å². The Morgan fingerprint density at radius 1 is 1.11 bits per heavy atom.